The number of anilines is 2. The van der Waals surface area contributed by atoms with Crippen molar-refractivity contribution in [3.8, 4) is 0 Å². The van der Waals surface area contributed by atoms with Crippen LogP contribution >= 0.6 is 0 Å². The van der Waals surface area contributed by atoms with Gasteiger partial charge in [0.05, 0.1) is 0 Å². The number of hydrogen-bond acceptors (Lipinski definition) is 2. The lowest BCUT2D eigenvalue weighted by atomic mass is 10.1. The molecule has 3 rings (SSSR count). The van der Waals surface area contributed by atoms with Crippen molar-refractivity contribution in [1.82, 2.24) is 0 Å². The number of fused-ring (bicyclic) bond motifs is 1. The van der Waals surface area contributed by atoms with Gasteiger partial charge in [-0.1, -0.05) is 30.3 Å². The van der Waals surface area contributed by atoms with E-state index in [0.717, 1.165) is 16.5 Å². The first kappa shape index (κ1) is 13.3. The van der Waals surface area contributed by atoms with Crippen LogP contribution in [0.3, 0.4) is 0 Å². The van der Waals surface area contributed by atoms with Crippen LogP contribution in [0.2, 0.25) is 0 Å². The Hall–Kier alpha value is -2.68. The average Bonchev–Trinajstić information content (AvgIpc) is 2.46. The zero-order valence-electron chi connectivity index (χ0n) is 11.6. The van der Waals surface area contributed by atoms with Crippen molar-refractivity contribution >= 4 is 27.9 Å². The largest absolute Gasteiger partial charge is 0.355 e. The van der Waals surface area contributed by atoms with E-state index in [-0.39, 0.29) is 5.78 Å². The predicted octanol–water partition coefficient (Wildman–Crippen LogP) is 4.93. The Morgan fingerprint density at radius 1 is 0.905 bits per heavy atom. The van der Waals surface area contributed by atoms with Crippen molar-refractivity contribution < 1.29 is 9.18 Å². The molecule has 0 atom stereocenters. The third-order valence-corrected chi connectivity index (χ3v) is 3.34. The summed E-state index contributed by atoms with van der Waals surface area (Å²) in [6, 6.07) is 18.2. The molecule has 0 amide bonds. The smallest absolute Gasteiger partial charge is 0.159 e. The van der Waals surface area contributed by atoms with E-state index in [4.69, 9.17) is 0 Å². The Morgan fingerprint density at radius 2 is 1.67 bits per heavy atom. The highest BCUT2D eigenvalue weighted by Crippen LogP contribution is 2.23. The molecule has 0 saturated heterocycles. The predicted molar refractivity (Wildman–Crippen MR) is 83.6 cm³/mol. The van der Waals surface area contributed by atoms with Crippen molar-refractivity contribution in [1.29, 1.82) is 0 Å². The lowest BCUT2D eigenvalue weighted by Crippen LogP contribution is -1.97. The molecule has 0 heterocycles. The number of hydrogen-bond donors (Lipinski definition) is 1. The van der Waals surface area contributed by atoms with Gasteiger partial charge in [-0.25, -0.2) is 4.39 Å². The molecule has 0 unspecified atom stereocenters. The first-order valence-electron chi connectivity index (χ1n) is 6.69. The molecule has 2 nitrogen and oxygen atoms in total. The number of carbonyl (C=O) groups is 1. The van der Waals surface area contributed by atoms with Crippen LogP contribution in [0.4, 0.5) is 15.8 Å². The molecule has 3 heteroatoms. The highest BCUT2D eigenvalue weighted by molar-refractivity contribution is 5.95. The fourth-order valence-corrected chi connectivity index (χ4v) is 2.30. The van der Waals surface area contributed by atoms with E-state index in [1.807, 2.05) is 42.5 Å². The van der Waals surface area contributed by atoms with E-state index in [1.165, 1.54) is 19.1 Å². The summed E-state index contributed by atoms with van der Waals surface area (Å²) < 4.78 is 13.6. The molecule has 21 heavy (non-hydrogen) atoms. The fourth-order valence-electron chi connectivity index (χ4n) is 2.30. The van der Waals surface area contributed by atoms with Crippen LogP contribution < -0.4 is 5.32 Å². The van der Waals surface area contributed by atoms with Crippen LogP contribution in [0, 0.1) is 5.82 Å². The molecule has 0 saturated carbocycles. The zero-order valence-corrected chi connectivity index (χ0v) is 11.6. The Kier molecular flexibility index (Phi) is 3.40. The van der Waals surface area contributed by atoms with Crippen LogP contribution in [-0.4, -0.2) is 5.78 Å². The first-order valence-corrected chi connectivity index (χ1v) is 6.69. The number of rotatable bonds is 3. The molecule has 0 fully saturated rings. The Balaban J connectivity index is 1.96. The maximum absolute atomic E-state index is 13.6. The summed E-state index contributed by atoms with van der Waals surface area (Å²) in [6.45, 7) is 1.43. The molecule has 104 valence electrons. The standard InChI is InChI=1S/C18H14FNO/c1-12(21)15-8-16(19)11-18(10-15)20-17-7-6-13-4-2-3-5-14(13)9-17/h2-11,20H,1H3. The second-order valence-corrected chi connectivity index (χ2v) is 4.97. The summed E-state index contributed by atoms with van der Waals surface area (Å²) in [5.74, 6) is -0.581. The molecular weight excluding hydrogens is 265 g/mol. The van der Waals surface area contributed by atoms with Gasteiger partial charge >= 0.3 is 0 Å². The number of benzene rings is 3. The molecule has 3 aromatic carbocycles. The van der Waals surface area contributed by atoms with E-state index < -0.39 is 5.82 Å². The summed E-state index contributed by atoms with van der Waals surface area (Å²) in [6.07, 6.45) is 0. The van der Waals surface area contributed by atoms with Crippen LogP contribution in [0.15, 0.2) is 60.7 Å². The maximum Gasteiger partial charge on any atom is 0.159 e. The summed E-state index contributed by atoms with van der Waals surface area (Å²) >= 11 is 0. The summed E-state index contributed by atoms with van der Waals surface area (Å²) in [5, 5.41) is 5.39. The Morgan fingerprint density at radius 3 is 2.43 bits per heavy atom. The molecule has 0 aliphatic heterocycles. The number of halogens is 1. The average molecular weight is 279 g/mol. The Labute approximate surface area is 122 Å². The van der Waals surface area contributed by atoms with Gasteiger partial charge in [0.15, 0.2) is 5.78 Å². The molecule has 0 aliphatic carbocycles. The van der Waals surface area contributed by atoms with E-state index in [9.17, 15) is 9.18 Å². The monoisotopic (exact) mass is 279 g/mol. The van der Waals surface area contributed by atoms with Gasteiger partial charge in [-0.15, -0.1) is 0 Å². The van der Waals surface area contributed by atoms with Crippen molar-refractivity contribution in [3.63, 3.8) is 0 Å². The second kappa shape index (κ2) is 5.37. The second-order valence-electron chi connectivity index (χ2n) is 4.97. The highest BCUT2D eigenvalue weighted by Gasteiger charge is 2.05. The van der Waals surface area contributed by atoms with Crippen molar-refractivity contribution in [2.75, 3.05) is 5.32 Å². The van der Waals surface area contributed by atoms with Crippen LogP contribution in [0.25, 0.3) is 10.8 Å². The van der Waals surface area contributed by atoms with Crippen LogP contribution in [0.1, 0.15) is 17.3 Å². The first-order chi connectivity index (χ1) is 10.1. The SMILES string of the molecule is CC(=O)c1cc(F)cc(Nc2ccc3ccccc3c2)c1. The molecular formula is C18H14FNO. The Bertz CT molecular complexity index is 826. The minimum Gasteiger partial charge on any atom is -0.355 e. The van der Waals surface area contributed by atoms with Crippen molar-refractivity contribution in [3.05, 3.63) is 72.0 Å². The van der Waals surface area contributed by atoms with Gasteiger partial charge in [0.25, 0.3) is 0 Å². The lowest BCUT2D eigenvalue weighted by Gasteiger charge is -2.09. The zero-order chi connectivity index (χ0) is 14.8. The van der Waals surface area contributed by atoms with E-state index in [2.05, 4.69) is 5.32 Å². The third-order valence-electron chi connectivity index (χ3n) is 3.34. The highest BCUT2D eigenvalue weighted by atomic mass is 19.1. The van der Waals surface area contributed by atoms with Gasteiger partial charge < -0.3 is 5.32 Å². The minimum atomic E-state index is -0.425. The van der Waals surface area contributed by atoms with Crippen LogP contribution in [0.5, 0.6) is 0 Å². The normalized spacial score (nSPS) is 10.6. The van der Waals surface area contributed by atoms with E-state index in [1.54, 1.807) is 6.07 Å². The van der Waals surface area contributed by atoms with Gasteiger partial charge in [0.2, 0.25) is 0 Å². The van der Waals surface area contributed by atoms with Gasteiger partial charge in [-0.3, -0.25) is 4.79 Å². The molecule has 0 radical (unpaired) electrons. The lowest BCUT2D eigenvalue weighted by molar-refractivity contribution is 0.101. The number of carbonyl (C=O) groups excluding carboxylic acids is 1. The van der Waals surface area contributed by atoms with E-state index in [0.29, 0.717) is 11.3 Å². The number of nitrogens with one attached hydrogen (secondary N) is 1. The fraction of sp³-hybridized carbons (Fsp3) is 0.0556. The van der Waals surface area contributed by atoms with E-state index >= 15 is 0 Å². The molecule has 1 N–H and O–H groups in total. The van der Waals surface area contributed by atoms with Gasteiger partial charge in [0.1, 0.15) is 5.82 Å². The van der Waals surface area contributed by atoms with Gasteiger partial charge in [-0.2, -0.15) is 0 Å². The van der Waals surface area contributed by atoms with Crippen molar-refractivity contribution in [2.24, 2.45) is 0 Å². The van der Waals surface area contributed by atoms with Crippen LogP contribution in [-0.2, 0) is 0 Å². The summed E-state index contributed by atoms with van der Waals surface area (Å²) in [4.78, 5) is 11.4. The quantitative estimate of drug-likeness (QED) is 0.689. The van der Waals surface area contributed by atoms with Gasteiger partial charge in [-0.05, 0) is 48.0 Å². The molecule has 3 aromatic rings. The topological polar surface area (TPSA) is 29.1 Å². The molecule has 0 aromatic heterocycles. The van der Waals surface area contributed by atoms with Gasteiger partial charge in [0, 0.05) is 16.9 Å². The maximum atomic E-state index is 13.6. The third kappa shape index (κ3) is 2.92. The molecule has 0 aliphatic rings. The van der Waals surface area contributed by atoms with Crippen molar-refractivity contribution in [2.45, 2.75) is 6.92 Å². The minimum absolute atomic E-state index is 0.156. The number of Topliss-reactive ketones (excluding diaryl/α,β-unsaturated/α-hetero) is 1. The molecule has 0 spiro atoms. The number of ketones is 1. The summed E-state index contributed by atoms with van der Waals surface area (Å²) in [5.41, 5.74) is 1.78. The molecule has 0 bridgehead atoms. The summed E-state index contributed by atoms with van der Waals surface area (Å²) in [7, 11) is 0.